The number of carbonyl (C=O) groups excluding carboxylic acids is 2. The first-order valence-electron chi connectivity index (χ1n) is 5.69. The number of nitrogens with two attached hydrogens (primary N) is 1. The van der Waals surface area contributed by atoms with Crippen LogP contribution in [0.15, 0.2) is 29.8 Å². The summed E-state index contributed by atoms with van der Waals surface area (Å²) in [6, 6.07) is 8.18. The topological polar surface area (TPSA) is 93.2 Å². The van der Waals surface area contributed by atoms with Crippen molar-refractivity contribution in [3.05, 3.63) is 41.0 Å². The smallest absolute Gasteiger partial charge is 0.349 e. The normalized spacial score (nSPS) is 11.2. The molecule has 1 rings (SSSR count). The van der Waals surface area contributed by atoms with E-state index < -0.39 is 11.9 Å². The fourth-order valence-electron chi connectivity index (χ4n) is 1.51. The van der Waals surface area contributed by atoms with E-state index in [1.807, 2.05) is 6.07 Å². The molecule has 98 valence electrons. The highest BCUT2D eigenvalue weighted by Gasteiger charge is 2.15. The van der Waals surface area contributed by atoms with Crippen LogP contribution in [0.2, 0.25) is 0 Å². The first kappa shape index (κ1) is 14.5. The van der Waals surface area contributed by atoms with Crippen molar-refractivity contribution < 1.29 is 14.3 Å². The maximum Gasteiger partial charge on any atom is 0.349 e. The lowest BCUT2D eigenvalue weighted by Gasteiger charge is -2.06. The van der Waals surface area contributed by atoms with E-state index in [2.05, 4.69) is 0 Å². The number of benzene rings is 1. The molecule has 1 aromatic rings. The third-order valence-corrected chi connectivity index (χ3v) is 2.57. The minimum Gasteiger partial charge on any atom is -0.462 e. The molecule has 5 nitrogen and oxygen atoms in total. The number of allylic oxidation sites excluding steroid dienone is 1. The van der Waals surface area contributed by atoms with Crippen LogP contribution in [0.25, 0.3) is 5.57 Å². The Morgan fingerprint density at radius 2 is 1.79 bits per heavy atom. The van der Waals surface area contributed by atoms with E-state index in [9.17, 15) is 9.59 Å². The van der Waals surface area contributed by atoms with Crippen molar-refractivity contribution in [2.75, 3.05) is 6.61 Å². The van der Waals surface area contributed by atoms with Gasteiger partial charge in [-0.1, -0.05) is 12.1 Å². The van der Waals surface area contributed by atoms with Crippen molar-refractivity contribution in [1.82, 2.24) is 0 Å². The molecule has 0 saturated carbocycles. The number of hydrogen-bond acceptors (Lipinski definition) is 4. The van der Waals surface area contributed by atoms with Gasteiger partial charge in [0.25, 0.3) is 0 Å². The minimum absolute atomic E-state index is 0.0475. The van der Waals surface area contributed by atoms with E-state index in [0.29, 0.717) is 16.7 Å². The van der Waals surface area contributed by atoms with Crippen LogP contribution in [0.5, 0.6) is 0 Å². The van der Waals surface area contributed by atoms with E-state index in [4.69, 9.17) is 15.7 Å². The van der Waals surface area contributed by atoms with Gasteiger partial charge in [-0.2, -0.15) is 5.26 Å². The van der Waals surface area contributed by atoms with Gasteiger partial charge in [0.15, 0.2) is 0 Å². The SMILES string of the molecule is CCOC(=O)/C(C#N)=C(\C)c1ccc(C(N)=O)cc1. The monoisotopic (exact) mass is 258 g/mol. The molecule has 0 radical (unpaired) electrons. The van der Waals surface area contributed by atoms with Gasteiger partial charge < -0.3 is 10.5 Å². The molecule has 5 heteroatoms. The first-order chi connectivity index (χ1) is 9.01. The lowest BCUT2D eigenvalue weighted by atomic mass is 10.0. The van der Waals surface area contributed by atoms with Crippen LogP contribution in [0.4, 0.5) is 0 Å². The van der Waals surface area contributed by atoms with E-state index in [1.165, 1.54) is 0 Å². The van der Waals surface area contributed by atoms with Gasteiger partial charge in [-0.25, -0.2) is 4.79 Å². The Labute approximate surface area is 111 Å². The molecule has 0 saturated heterocycles. The summed E-state index contributed by atoms with van der Waals surface area (Å²) in [6.45, 7) is 3.52. The average Bonchev–Trinajstić information content (AvgIpc) is 2.39. The number of hydrogen-bond donors (Lipinski definition) is 1. The van der Waals surface area contributed by atoms with E-state index >= 15 is 0 Å². The Bertz CT molecular complexity index is 565. The Kier molecular flexibility index (Phi) is 4.84. The third kappa shape index (κ3) is 3.42. The van der Waals surface area contributed by atoms with Gasteiger partial charge in [0.2, 0.25) is 5.91 Å². The predicted octanol–water partition coefficient (Wildman–Crippen LogP) is 1.65. The number of carbonyl (C=O) groups is 2. The summed E-state index contributed by atoms with van der Waals surface area (Å²) in [5.41, 5.74) is 6.61. The fraction of sp³-hybridized carbons (Fsp3) is 0.214. The van der Waals surface area contributed by atoms with E-state index in [-0.39, 0.29) is 12.2 Å². The summed E-state index contributed by atoms with van der Waals surface area (Å²) >= 11 is 0. The van der Waals surface area contributed by atoms with Crippen molar-refractivity contribution in [3.63, 3.8) is 0 Å². The maximum absolute atomic E-state index is 11.6. The second kappa shape index (κ2) is 6.36. The minimum atomic E-state index is -0.651. The van der Waals surface area contributed by atoms with Gasteiger partial charge in [0.1, 0.15) is 11.6 Å². The molecule has 1 amide bonds. The zero-order valence-corrected chi connectivity index (χ0v) is 10.8. The third-order valence-electron chi connectivity index (χ3n) is 2.57. The van der Waals surface area contributed by atoms with Gasteiger partial charge in [0.05, 0.1) is 6.61 Å². The van der Waals surface area contributed by atoms with Crippen molar-refractivity contribution in [2.45, 2.75) is 13.8 Å². The van der Waals surface area contributed by atoms with Gasteiger partial charge in [0, 0.05) is 5.56 Å². The number of nitriles is 1. The number of primary amides is 1. The summed E-state index contributed by atoms with van der Waals surface area (Å²) in [6.07, 6.45) is 0. The average molecular weight is 258 g/mol. The van der Waals surface area contributed by atoms with Crippen molar-refractivity contribution in [2.24, 2.45) is 5.73 Å². The summed E-state index contributed by atoms with van der Waals surface area (Å²) in [4.78, 5) is 22.5. The highest BCUT2D eigenvalue weighted by molar-refractivity contribution is 6.01. The maximum atomic E-state index is 11.6. The molecule has 0 aliphatic rings. The lowest BCUT2D eigenvalue weighted by Crippen LogP contribution is -2.11. The number of ether oxygens (including phenoxy) is 1. The molecule has 0 aromatic heterocycles. The largest absolute Gasteiger partial charge is 0.462 e. The first-order valence-corrected chi connectivity index (χ1v) is 5.69. The van der Waals surface area contributed by atoms with Crippen LogP contribution in [0, 0.1) is 11.3 Å². The lowest BCUT2D eigenvalue weighted by molar-refractivity contribution is -0.137. The molecule has 0 fully saturated rings. The van der Waals surface area contributed by atoms with E-state index in [0.717, 1.165) is 0 Å². The highest BCUT2D eigenvalue weighted by atomic mass is 16.5. The Morgan fingerprint density at radius 1 is 1.26 bits per heavy atom. The molecule has 1 aromatic carbocycles. The Balaban J connectivity index is 3.16. The van der Waals surface area contributed by atoms with Crippen LogP contribution in [0.1, 0.15) is 29.8 Å². The quantitative estimate of drug-likeness (QED) is 0.504. The molecular weight excluding hydrogens is 244 g/mol. The van der Waals surface area contributed by atoms with Gasteiger partial charge in [-0.15, -0.1) is 0 Å². The molecule has 0 unspecified atom stereocenters. The molecule has 0 bridgehead atoms. The summed E-state index contributed by atoms with van der Waals surface area (Å²) in [7, 11) is 0. The second-order valence-electron chi connectivity index (χ2n) is 3.77. The van der Waals surface area contributed by atoms with Crippen molar-refractivity contribution in [1.29, 1.82) is 5.26 Å². The zero-order chi connectivity index (χ0) is 14.4. The number of nitrogens with zero attached hydrogens (tertiary/aromatic N) is 1. The van der Waals surface area contributed by atoms with Crippen LogP contribution in [0.3, 0.4) is 0 Å². The summed E-state index contributed by atoms with van der Waals surface area (Å²) in [5, 5.41) is 9.01. The van der Waals surface area contributed by atoms with Crippen LogP contribution in [-0.2, 0) is 9.53 Å². The predicted molar refractivity (Wildman–Crippen MR) is 69.8 cm³/mol. The number of amides is 1. The molecule has 0 spiro atoms. The molecule has 0 heterocycles. The Morgan fingerprint density at radius 3 is 2.21 bits per heavy atom. The molecule has 0 aliphatic carbocycles. The number of rotatable bonds is 4. The van der Waals surface area contributed by atoms with E-state index in [1.54, 1.807) is 38.1 Å². The fourth-order valence-corrected chi connectivity index (χ4v) is 1.51. The molecule has 0 aliphatic heterocycles. The number of esters is 1. The van der Waals surface area contributed by atoms with Crippen molar-refractivity contribution >= 4 is 17.4 Å². The molecule has 2 N–H and O–H groups in total. The van der Waals surface area contributed by atoms with Crippen molar-refractivity contribution in [3.8, 4) is 6.07 Å². The van der Waals surface area contributed by atoms with Crippen LogP contribution < -0.4 is 5.73 Å². The molecule has 0 atom stereocenters. The van der Waals surface area contributed by atoms with Gasteiger partial charge in [-0.3, -0.25) is 4.79 Å². The zero-order valence-electron chi connectivity index (χ0n) is 10.8. The Hall–Kier alpha value is -2.61. The molecular formula is C14H14N2O3. The van der Waals surface area contributed by atoms with Crippen LogP contribution >= 0.6 is 0 Å². The van der Waals surface area contributed by atoms with Crippen LogP contribution in [-0.4, -0.2) is 18.5 Å². The molecule has 19 heavy (non-hydrogen) atoms. The van der Waals surface area contributed by atoms with Gasteiger partial charge in [-0.05, 0) is 37.1 Å². The highest BCUT2D eigenvalue weighted by Crippen LogP contribution is 2.19. The standard InChI is InChI=1S/C14H14N2O3/c1-3-19-14(18)12(8-15)9(2)10-4-6-11(7-5-10)13(16)17/h4-7H,3H2,1-2H3,(H2,16,17)/b12-9+. The summed E-state index contributed by atoms with van der Waals surface area (Å²) in [5.74, 6) is -1.18. The second-order valence-corrected chi connectivity index (χ2v) is 3.77. The summed E-state index contributed by atoms with van der Waals surface area (Å²) < 4.78 is 4.81. The van der Waals surface area contributed by atoms with Gasteiger partial charge >= 0.3 is 5.97 Å².